The maximum absolute atomic E-state index is 14.6. The lowest BCUT2D eigenvalue weighted by Gasteiger charge is -2.39. The topological polar surface area (TPSA) is 226 Å². The summed E-state index contributed by atoms with van der Waals surface area (Å²) in [6.45, 7) is 10.3. The predicted molar refractivity (Wildman–Crippen MR) is 256 cm³/mol. The summed E-state index contributed by atoms with van der Waals surface area (Å²) in [7, 11) is 0. The number of nitrogens with zero attached hydrogens (tertiary/aromatic N) is 8. The van der Waals surface area contributed by atoms with Crippen LogP contribution < -0.4 is 0 Å². The van der Waals surface area contributed by atoms with Gasteiger partial charge in [0.2, 0.25) is 0 Å². The first-order chi connectivity index (χ1) is 33.8. The molecule has 8 N–H and O–H groups in total. The molecule has 4 atom stereocenters. The molecule has 0 radical (unpaired) electrons. The molecular weight excluding hydrogens is 899 g/mol. The van der Waals surface area contributed by atoms with Crippen LogP contribution in [0.25, 0.3) is 67.1 Å². The van der Waals surface area contributed by atoms with Crippen molar-refractivity contribution in [2.45, 2.75) is 104 Å². The molecule has 0 spiro atoms. The number of aryl methyl sites for hydroxylation is 4. The van der Waals surface area contributed by atoms with Crippen LogP contribution in [-0.2, 0) is 39.0 Å². The van der Waals surface area contributed by atoms with Gasteiger partial charge < -0.3 is 40.2 Å². The highest BCUT2D eigenvalue weighted by atomic mass is 19.1. The molecule has 4 aromatic heterocycles. The Bertz CT molecular complexity index is 3160. The molecule has 4 aromatic carbocycles. The van der Waals surface area contributed by atoms with Gasteiger partial charge >= 0.3 is 6.03 Å². The standard InChI is InChI=1S/C51H52F2N12O5/c1-5-25-15-41(68)31(52)17-29(25)27-11-23(3)43-33(13-27)58-60-45(43)47-54-35-19-62(20-36(35)55-47)49-39(66)7-9-64(49)51(70)65-10-8-40(67)50(65)63-21-37-38(22-63)57-48(56-37)46-44-24(4)12-28(14-34(44)59-61-46)30-18-32(53)42(69)16-26(30)6-2/h11-18,39-40,49-50,66-69H,5-10,19-22H2,1-4H3,(H,54,55)(H,56,57)(H,58,60)(H,59,61)/t39?,40?,49-,50-/m0/s1. The van der Waals surface area contributed by atoms with Crippen LogP contribution in [0.4, 0.5) is 13.6 Å². The highest BCUT2D eigenvalue weighted by molar-refractivity contribution is 5.98. The van der Waals surface area contributed by atoms with Crippen molar-refractivity contribution in [1.29, 1.82) is 0 Å². The number of aliphatic hydroxyl groups is 2. The summed E-state index contributed by atoms with van der Waals surface area (Å²) in [5.74, 6) is -0.897. The van der Waals surface area contributed by atoms with Gasteiger partial charge in [0, 0.05) is 50.0 Å². The summed E-state index contributed by atoms with van der Waals surface area (Å²) in [6, 6.07) is 13.3. The summed E-state index contributed by atoms with van der Waals surface area (Å²) in [5, 5.41) is 60.2. The van der Waals surface area contributed by atoms with Crippen molar-refractivity contribution in [2.24, 2.45) is 0 Å². The van der Waals surface area contributed by atoms with E-state index in [1.807, 2.05) is 52.0 Å². The highest BCUT2D eigenvalue weighted by Gasteiger charge is 2.49. The number of fused-ring (bicyclic) bond motifs is 4. The number of carbonyl (C=O) groups excluding carboxylic acids is 1. The number of benzene rings is 4. The molecule has 0 aliphatic carbocycles. The van der Waals surface area contributed by atoms with E-state index in [9.17, 15) is 34.0 Å². The zero-order valence-corrected chi connectivity index (χ0v) is 39.0. The van der Waals surface area contributed by atoms with E-state index in [-0.39, 0.29) is 17.5 Å². The number of carbonyl (C=O) groups is 1. The Morgan fingerprint density at radius 1 is 0.643 bits per heavy atom. The van der Waals surface area contributed by atoms with Gasteiger partial charge in [-0.3, -0.25) is 20.0 Å². The van der Waals surface area contributed by atoms with E-state index < -0.39 is 36.2 Å². The number of nitrogens with one attached hydrogen (secondary N) is 4. The molecule has 2 amide bonds. The van der Waals surface area contributed by atoms with Crippen LogP contribution in [0.15, 0.2) is 48.5 Å². The number of H-pyrrole nitrogens is 4. The highest BCUT2D eigenvalue weighted by Crippen LogP contribution is 2.40. The van der Waals surface area contributed by atoms with Crippen molar-refractivity contribution < 1.29 is 34.0 Å². The molecule has 2 unspecified atom stereocenters. The molecule has 8 aromatic rings. The summed E-state index contributed by atoms with van der Waals surface area (Å²) in [4.78, 5) is 39.2. The van der Waals surface area contributed by atoms with Crippen molar-refractivity contribution in [1.82, 2.24) is 59.9 Å². The van der Waals surface area contributed by atoms with Gasteiger partial charge in [-0.25, -0.2) is 23.5 Å². The third-order valence-corrected chi connectivity index (χ3v) is 15.0. The predicted octanol–water partition coefficient (Wildman–Crippen LogP) is 7.22. The molecule has 70 heavy (non-hydrogen) atoms. The molecule has 2 fully saturated rings. The van der Waals surface area contributed by atoms with E-state index in [0.717, 1.165) is 78.0 Å². The molecule has 19 heteroatoms. The zero-order chi connectivity index (χ0) is 48.4. The van der Waals surface area contributed by atoms with E-state index in [1.165, 1.54) is 24.3 Å². The fourth-order valence-electron chi connectivity index (χ4n) is 11.6. The smallest absolute Gasteiger partial charge is 0.322 e. The number of aliphatic hydroxyl groups excluding tert-OH is 2. The first kappa shape index (κ1) is 44.0. The van der Waals surface area contributed by atoms with Crippen molar-refractivity contribution in [3.8, 4) is 56.8 Å². The van der Waals surface area contributed by atoms with Crippen molar-refractivity contribution >= 4 is 27.8 Å². The number of likely N-dealkylation sites (tertiary alicyclic amines) is 2. The number of hydrogen-bond acceptors (Lipinski definition) is 11. The van der Waals surface area contributed by atoms with Gasteiger partial charge in [-0.2, -0.15) is 10.2 Å². The van der Waals surface area contributed by atoms with Crippen LogP contribution in [0.5, 0.6) is 11.5 Å². The van der Waals surface area contributed by atoms with E-state index in [2.05, 4.69) is 40.2 Å². The molecule has 17 nitrogen and oxygen atoms in total. The van der Waals surface area contributed by atoms with Crippen LogP contribution in [0.3, 0.4) is 0 Å². The van der Waals surface area contributed by atoms with Crippen molar-refractivity contribution in [2.75, 3.05) is 13.1 Å². The zero-order valence-electron chi connectivity index (χ0n) is 39.0. The van der Waals surface area contributed by atoms with E-state index in [1.54, 1.807) is 9.80 Å². The Kier molecular flexibility index (Phi) is 10.4. The van der Waals surface area contributed by atoms with Crippen LogP contribution in [0.1, 0.15) is 71.7 Å². The van der Waals surface area contributed by atoms with Gasteiger partial charge in [0.05, 0.1) is 46.0 Å². The first-order valence-corrected chi connectivity index (χ1v) is 23.8. The van der Waals surface area contributed by atoms with E-state index >= 15 is 0 Å². The minimum absolute atomic E-state index is 0.241. The number of urea groups is 1. The normalized spacial score (nSPS) is 20.5. The number of aromatic amines is 4. The Labute approximate surface area is 399 Å². The van der Waals surface area contributed by atoms with Gasteiger partial charge in [-0.05, 0) is 120 Å². The second kappa shape index (κ2) is 16.5. The largest absolute Gasteiger partial charge is 0.505 e. The third-order valence-electron chi connectivity index (χ3n) is 15.0. The number of aromatic hydroxyl groups is 2. The number of rotatable bonds is 8. The Balaban J connectivity index is 0.739. The van der Waals surface area contributed by atoms with E-state index in [0.29, 0.717) is 99.1 Å². The Morgan fingerprint density at radius 2 is 1.07 bits per heavy atom. The molecule has 8 heterocycles. The van der Waals surface area contributed by atoms with Gasteiger partial charge in [0.15, 0.2) is 34.8 Å². The van der Waals surface area contributed by atoms with Gasteiger partial charge in [-0.15, -0.1) is 0 Å². The lowest BCUT2D eigenvalue weighted by atomic mass is 9.94. The number of imidazole rings is 2. The minimum atomic E-state index is -0.784. The van der Waals surface area contributed by atoms with Gasteiger partial charge in [0.1, 0.15) is 23.7 Å². The molecule has 12 rings (SSSR count). The maximum Gasteiger partial charge on any atom is 0.322 e. The number of phenols is 2. The lowest BCUT2D eigenvalue weighted by molar-refractivity contribution is -0.0181. The second-order valence-electron chi connectivity index (χ2n) is 19.2. The summed E-state index contributed by atoms with van der Waals surface area (Å²) in [5.41, 5.74) is 12.7. The van der Waals surface area contributed by atoms with Crippen LogP contribution in [0, 0.1) is 25.5 Å². The molecule has 4 aliphatic rings. The fraction of sp³-hybridized carbons (Fsp3) is 0.353. The average molecular weight is 951 g/mol. The summed E-state index contributed by atoms with van der Waals surface area (Å²) < 4.78 is 29.0. The molecule has 4 aliphatic heterocycles. The van der Waals surface area contributed by atoms with Gasteiger partial charge in [-0.1, -0.05) is 26.0 Å². The average Bonchev–Trinajstić information content (AvgIpc) is 4.20. The molecule has 0 bridgehead atoms. The number of halogens is 2. The minimum Gasteiger partial charge on any atom is -0.505 e. The van der Waals surface area contributed by atoms with Crippen molar-refractivity contribution in [3.05, 3.63) is 105 Å². The quantitative estimate of drug-likeness (QED) is 0.0759. The Morgan fingerprint density at radius 3 is 1.47 bits per heavy atom. The number of hydrogen-bond donors (Lipinski definition) is 8. The number of phenolic OH excluding ortho intramolecular Hbond substituents is 2. The van der Waals surface area contributed by atoms with E-state index in [4.69, 9.17) is 9.97 Å². The molecule has 360 valence electrons. The summed E-state index contributed by atoms with van der Waals surface area (Å²) >= 11 is 0. The maximum atomic E-state index is 14.6. The molecule has 0 saturated carbocycles. The SMILES string of the molecule is CCc1cc(O)c(F)cc1-c1cc(C)c2c(-c3nc4c([nH]3)CN([C@@H]3C(O)CCN3C(=O)N3CCC(O)[C@H]3N3Cc5nc(-c6n[nH]c7cc(-c8cc(F)c(O)cc8CC)cc(C)c67)[nH]c5C3)C4)n[nH]c2c1. The third kappa shape index (κ3) is 6.96. The Hall–Kier alpha value is -7.19. The number of amides is 2. The van der Waals surface area contributed by atoms with Crippen LogP contribution in [0.2, 0.25) is 0 Å². The van der Waals surface area contributed by atoms with Gasteiger partial charge in [0.25, 0.3) is 0 Å². The van der Waals surface area contributed by atoms with Crippen LogP contribution in [-0.4, -0.2) is 124 Å². The molecular formula is C51H52F2N12O5. The number of aromatic nitrogens is 8. The second-order valence-corrected chi connectivity index (χ2v) is 19.2. The van der Waals surface area contributed by atoms with Crippen LogP contribution >= 0.6 is 0 Å². The summed E-state index contributed by atoms with van der Waals surface area (Å²) in [6.07, 6.45) is -0.703. The lowest BCUT2D eigenvalue weighted by Crippen LogP contribution is -2.57. The fourth-order valence-corrected chi connectivity index (χ4v) is 11.6. The first-order valence-electron chi connectivity index (χ1n) is 23.8. The van der Waals surface area contributed by atoms with Crippen molar-refractivity contribution in [3.63, 3.8) is 0 Å². The molecule has 2 saturated heterocycles. The monoisotopic (exact) mass is 950 g/mol.